The zero-order valence-electron chi connectivity index (χ0n) is 21.3. The average Bonchev–Trinajstić information content (AvgIpc) is 3.66. The molecule has 1 saturated carbocycles. The molecular formula is C31H32N2O4. The Labute approximate surface area is 217 Å². The fraction of sp³-hybridized carbons (Fsp3) is 0.323. The largest absolute Gasteiger partial charge is 0.465 e. The van der Waals surface area contributed by atoms with E-state index in [1.165, 1.54) is 0 Å². The lowest BCUT2D eigenvalue weighted by Gasteiger charge is -2.17. The van der Waals surface area contributed by atoms with Crippen molar-refractivity contribution in [3.63, 3.8) is 0 Å². The van der Waals surface area contributed by atoms with E-state index >= 15 is 0 Å². The quantitative estimate of drug-likeness (QED) is 0.353. The molecule has 0 bridgehead atoms. The molecule has 37 heavy (non-hydrogen) atoms. The fourth-order valence-electron chi connectivity index (χ4n) is 5.00. The topological polar surface area (TPSA) is 81.4 Å². The Bertz CT molecular complexity index is 1330. The highest BCUT2D eigenvalue weighted by Crippen LogP contribution is 2.49. The summed E-state index contributed by atoms with van der Waals surface area (Å²) in [5.74, 6) is 0.767. The number of esters is 1. The van der Waals surface area contributed by atoms with Crippen molar-refractivity contribution in [2.75, 3.05) is 11.9 Å². The molecule has 1 aromatic heterocycles. The fourth-order valence-corrected chi connectivity index (χ4v) is 5.00. The van der Waals surface area contributed by atoms with Crippen molar-refractivity contribution >= 4 is 23.1 Å². The van der Waals surface area contributed by atoms with Gasteiger partial charge in [0.25, 0.3) is 0 Å². The minimum absolute atomic E-state index is 0.0292. The van der Waals surface area contributed by atoms with Gasteiger partial charge in [0.15, 0.2) is 0 Å². The number of ether oxygens (including phenoxy) is 1. The molecule has 1 atom stereocenters. The molecule has 0 radical (unpaired) electrons. The highest BCUT2D eigenvalue weighted by atomic mass is 16.5. The van der Waals surface area contributed by atoms with Gasteiger partial charge in [0, 0.05) is 23.6 Å². The van der Waals surface area contributed by atoms with Crippen LogP contribution in [0.2, 0.25) is 0 Å². The number of allylic oxidation sites excluding steroid dienone is 4. The van der Waals surface area contributed by atoms with Gasteiger partial charge in [-0.15, -0.1) is 0 Å². The number of rotatable bonds is 9. The number of amides is 1. The maximum Gasteiger partial charge on any atom is 0.316 e. The zero-order chi connectivity index (χ0) is 25.8. The first-order chi connectivity index (χ1) is 18.0. The minimum Gasteiger partial charge on any atom is -0.465 e. The molecule has 5 rings (SSSR count). The summed E-state index contributed by atoms with van der Waals surface area (Å²) in [6.07, 6.45) is 9.91. The Balaban J connectivity index is 1.22. The van der Waals surface area contributed by atoms with Gasteiger partial charge < -0.3 is 14.6 Å². The van der Waals surface area contributed by atoms with E-state index in [4.69, 9.17) is 9.26 Å². The summed E-state index contributed by atoms with van der Waals surface area (Å²) in [6, 6.07) is 17.8. The van der Waals surface area contributed by atoms with Gasteiger partial charge in [-0.1, -0.05) is 65.8 Å². The molecule has 6 nitrogen and oxygen atoms in total. The Hall–Kier alpha value is -3.93. The van der Waals surface area contributed by atoms with E-state index in [1.54, 1.807) is 0 Å². The van der Waals surface area contributed by atoms with Gasteiger partial charge >= 0.3 is 5.97 Å². The summed E-state index contributed by atoms with van der Waals surface area (Å²) < 4.78 is 11.0. The SMILES string of the molecule is CCOC(=O)C1(c2ccc(C3=CCC(c4onc(C)c4CCC(=O)Nc4ccccc4)C=C3)cc2)CC1. The van der Waals surface area contributed by atoms with Crippen LogP contribution in [0.3, 0.4) is 0 Å². The number of carbonyl (C=O) groups is 2. The summed E-state index contributed by atoms with van der Waals surface area (Å²) in [5, 5.41) is 7.13. The number of hydrogen-bond donors (Lipinski definition) is 1. The number of anilines is 1. The molecule has 0 aliphatic heterocycles. The van der Waals surface area contributed by atoms with Gasteiger partial charge in [0.2, 0.25) is 5.91 Å². The van der Waals surface area contributed by atoms with Gasteiger partial charge in [-0.2, -0.15) is 0 Å². The van der Waals surface area contributed by atoms with E-state index in [9.17, 15) is 9.59 Å². The first-order valence-electron chi connectivity index (χ1n) is 13.0. The van der Waals surface area contributed by atoms with Gasteiger partial charge in [-0.25, -0.2) is 0 Å². The number of hydrogen-bond acceptors (Lipinski definition) is 5. The first-order valence-corrected chi connectivity index (χ1v) is 13.0. The van der Waals surface area contributed by atoms with Crippen LogP contribution >= 0.6 is 0 Å². The molecular weight excluding hydrogens is 464 g/mol. The molecule has 1 N–H and O–H groups in total. The van der Waals surface area contributed by atoms with Gasteiger partial charge in [0.05, 0.1) is 17.7 Å². The average molecular weight is 497 g/mol. The maximum absolute atomic E-state index is 12.5. The van der Waals surface area contributed by atoms with Gasteiger partial charge in [0.1, 0.15) is 5.76 Å². The highest BCUT2D eigenvalue weighted by Gasteiger charge is 2.52. The molecule has 2 aliphatic carbocycles. The monoisotopic (exact) mass is 496 g/mol. The molecule has 3 aromatic rings. The predicted molar refractivity (Wildman–Crippen MR) is 143 cm³/mol. The van der Waals surface area contributed by atoms with Crippen LogP contribution in [0.25, 0.3) is 5.57 Å². The van der Waals surface area contributed by atoms with Crippen molar-refractivity contribution < 1.29 is 18.8 Å². The van der Waals surface area contributed by atoms with Crippen LogP contribution in [0.15, 0.2) is 77.3 Å². The smallest absolute Gasteiger partial charge is 0.316 e. The second kappa shape index (κ2) is 10.6. The van der Waals surface area contributed by atoms with E-state index in [0.29, 0.717) is 19.4 Å². The summed E-state index contributed by atoms with van der Waals surface area (Å²) in [5.41, 5.74) is 5.47. The van der Waals surface area contributed by atoms with Crippen LogP contribution in [0.5, 0.6) is 0 Å². The molecule has 0 spiro atoms. The first kappa shape index (κ1) is 24.8. The van der Waals surface area contributed by atoms with Crippen LogP contribution in [-0.4, -0.2) is 23.6 Å². The number of carbonyl (C=O) groups excluding carboxylic acids is 2. The third-order valence-electron chi connectivity index (χ3n) is 7.30. The maximum atomic E-state index is 12.5. The molecule has 6 heteroatoms. The minimum atomic E-state index is -0.449. The van der Waals surface area contributed by atoms with Crippen molar-refractivity contribution in [2.45, 2.75) is 57.3 Å². The zero-order valence-corrected chi connectivity index (χ0v) is 21.3. The number of nitrogens with zero attached hydrogens (tertiary/aromatic N) is 1. The van der Waals surface area contributed by atoms with Gasteiger partial charge in [-0.05, 0) is 68.4 Å². The molecule has 2 aliphatic rings. The van der Waals surface area contributed by atoms with E-state index in [1.807, 2.05) is 44.2 Å². The van der Waals surface area contributed by atoms with Crippen LogP contribution in [0.4, 0.5) is 5.69 Å². The van der Waals surface area contributed by atoms with Crippen molar-refractivity contribution in [1.82, 2.24) is 5.16 Å². The Kier molecular flexibility index (Phi) is 7.08. The Morgan fingerprint density at radius 1 is 1.11 bits per heavy atom. The molecule has 1 heterocycles. The summed E-state index contributed by atoms with van der Waals surface area (Å²) >= 11 is 0. The van der Waals surface area contributed by atoms with Crippen LogP contribution in [-0.2, 0) is 26.2 Å². The van der Waals surface area contributed by atoms with Crippen molar-refractivity contribution in [3.8, 4) is 0 Å². The van der Waals surface area contributed by atoms with Gasteiger partial charge in [-0.3, -0.25) is 9.59 Å². The number of aromatic nitrogens is 1. The number of benzene rings is 2. The molecule has 1 unspecified atom stereocenters. The van der Waals surface area contributed by atoms with Crippen LogP contribution in [0.1, 0.15) is 66.7 Å². The lowest BCUT2D eigenvalue weighted by molar-refractivity contribution is -0.146. The van der Waals surface area contributed by atoms with E-state index in [-0.39, 0.29) is 17.8 Å². The molecule has 1 fully saturated rings. The number of aryl methyl sites for hydroxylation is 1. The third kappa shape index (κ3) is 5.29. The highest BCUT2D eigenvalue weighted by molar-refractivity contribution is 5.90. The Morgan fingerprint density at radius 2 is 1.86 bits per heavy atom. The number of para-hydroxylation sites is 1. The van der Waals surface area contributed by atoms with Crippen LogP contribution < -0.4 is 5.32 Å². The van der Waals surface area contributed by atoms with E-state index < -0.39 is 5.41 Å². The second-order valence-corrected chi connectivity index (χ2v) is 9.77. The summed E-state index contributed by atoms with van der Waals surface area (Å²) in [4.78, 5) is 24.9. The van der Waals surface area contributed by atoms with E-state index in [0.717, 1.165) is 58.7 Å². The normalized spacial score (nSPS) is 17.7. The lowest BCUT2D eigenvalue weighted by Crippen LogP contribution is -2.23. The number of nitrogens with one attached hydrogen (secondary N) is 1. The van der Waals surface area contributed by atoms with Crippen molar-refractivity contribution in [1.29, 1.82) is 0 Å². The van der Waals surface area contributed by atoms with Crippen molar-refractivity contribution in [3.05, 3.63) is 101 Å². The summed E-state index contributed by atoms with van der Waals surface area (Å²) in [6.45, 7) is 4.18. The van der Waals surface area contributed by atoms with Crippen LogP contribution in [0, 0.1) is 6.92 Å². The predicted octanol–water partition coefficient (Wildman–Crippen LogP) is 6.28. The standard InChI is InChI=1S/C31H32N2O4/c1-3-36-30(35)31(19-20-31)25-15-13-23(14-16-25)22-9-11-24(12-10-22)29-27(21(2)33-37-29)17-18-28(34)32-26-7-5-4-6-8-26/h4-11,13-16,24H,3,12,17-20H2,1-2H3,(H,32,34). The molecule has 1 amide bonds. The molecule has 2 aromatic carbocycles. The summed E-state index contributed by atoms with van der Waals surface area (Å²) in [7, 11) is 0. The molecule has 0 saturated heterocycles. The third-order valence-corrected chi connectivity index (χ3v) is 7.30. The van der Waals surface area contributed by atoms with E-state index in [2.05, 4.69) is 53.0 Å². The lowest BCUT2D eigenvalue weighted by atomic mass is 9.88. The molecule has 190 valence electrons. The Morgan fingerprint density at radius 3 is 2.51 bits per heavy atom. The second-order valence-electron chi connectivity index (χ2n) is 9.77. The van der Waals surface area contributed by atoms with Crippen molar-refractivity contribution in [2.24, 2.45) is 0 Å².